The Morgan fingerprint density at radius 2 is 1.69 bits per heavy atom. The fourth-order valence-electron chi connectivity index (χ4n) is 2.24. The van der Waals surface area contributed by atoms with Crippen LogP contribution in [0.2, 0.25) is 0 Å². The highest BCUT2D eigenvalue weighted by molar-refractivity contribution is 8.13. The summed E-state index contributed by atoms with van der Waals surface area (Å²) in [6.07, 6.45) is -6.27. The maximum atomic E-state index is 11.7. The van der Waals surface area contributed by atoms with E-state index in [-0.39, 0.29) is 24.9 Å². The maximum absolute atomic E-state index is 11.7. The van der Waals surface area contributed by atoms with Gasteiger partial charge in [0.2, 0.25) is 5.91 Å². The number of aliphatic hydroxyl groups excluding tert-OH is 4. The molecule has 0 radical (unpaired) electrons. The molecule has 0 aromatic heterocycles. The van der Waals surface area contributed by atoms with Gasteiger partial charge in [-0.25, -0.2) is 0 Å². The van der Waals surface area contributed by atoms with E-state index in [1.807, 2.05) is 0 Å². The minimum atomic E-state index is -1.47. The van der Waals surface area contributed by atoms with Crippen molar-refractivity contribution < 1.29 is 44.2 Å². The van der Waals surface area contributed by atoms with Crippen molar-refractivity contribution in [2.75, 3.05) is 45.3 Å². The molecule has 0 aromatic carbocycles. The first-order valence-electron chi connectivity index (χ1n) is 8.22. The smallest absolute Gasteiger partial charge is 0.246 e. The molecule has 152 valence electrons. The summed E-state index contributed by atoms with van der Waals surface area (Å²) in [6, 6.07) is 0. The van der Waals surface area contributed by atoms with Gasteiger partial charge in [-0.1, -0.05) is 11.8 Å². The zero-order valence-electron chi connectivity index (χ0n) is 14.6. The van der Waals surface area contributed by atoms with E-state index < -0.39 is 43.0 Å². The van der Waals surface area contributed by atoms with Crippen molar-refractivity contribution in [2.24, 2.45) is 0 Å². The van der Waals surface area contributed by atoms with E-state index in [0.29, 0.717) is 19.0 Å². The number of ether oxygens (including phenoxy) is 3. The van der Waals surface area contributed by atoms with Crippen LogP contribution in [0.4, 0.5) is 0 Å². The lowest BCUT2D eigenvalue weighted by molar-refractivity contribution is -0.227. The highest BCUT2D eigenvalue weighted by Crippen LogP contribution is 2.20. The van der Waals surface area contributed by atoms with Crippen molar-refractivity contribution in [3.05, 3.63) is 0 Å². The molecule has 26 heavy (non-hydrogen) atoms. The van der Waals surface area contributed by atoms with Crippen molar-refractivity contribution in [1.29, 1.82) is 0 Å². The van der Waals surface area contributed by atoms with Crippen molar-refractivity contribution >= 4 is 22.8 Å². The minimum Gasteiger partial charge on any atom is -0.394 e. The lowest BCUT2D eigenvalue weighted by Crippen LogP contribution is -2.60. The van der Waals surface area contributed by atoms with Crippen LogP contribution in [0.1, 0.15) is 6.92 Å². The van der Waals surface area contributed by atoms with E-state index in [2.05, 4.69) is 5.32 Å². The molecule has 11 heteroatoms. The monoisotopic (exact) mass is 397 g/mol. The molecule has 1 fully saturated rings. The number of nitrogens with one attached hydrogen (secondary N) is 1. The van der Waals surface area contributed by atoms with Gasteiger partial charge in [-0.05, 0) is 0 Å². The summed E-state index contributed by atoms with van der Waals surface area (Å²) in [5.41, 5.74) is 0. The molecular formula is C15H27NO9S. The Labute approximate surface area is 155 Å². The molecule has 5 N–H and O–H groups in total. The number of aliphatic hydroxyl groups is 4. The second-order valence-electron chi connectivity index (χ2n) is 5.68. The van der Waals surface area contributed by atoms with E-state index in [4.69, 9.17) is 19.3 Å². The van der Waals surface area contributed by atoms with Gasteiger partial charge in [0.1, 0.15) is 37.1 Å². The van der Waals surface area contributed by atoms with Crippen molar-refractivity contribution in [1.82, 2.24) is 5.32 Å². The van der Waals surface area contributed by atoms with Gasteiger partial charge in [0.05, 0.1) is 26.4 Å². The lowest BCUT2D eigenvalue weighted by Gasteiger charge is -2.40. The predicted molar refractivity (Wildman–Crippen MR) is 91.6 cm³/mol. The Morgan fingerprint density at radius 3 is 2.35 bits per heavy atom. The quantitative estimate of drug-likeness (QED) is 0.232. The molecule has 1 saturated heterocycles. The van der Waals surface area contributed by atoms with Crippen molar-refractivity contribution in [2.45, 2.75) is 37.4 Å². The fourth-order valence-corrected chi connectivity index (χ4v) is 2.73. The van der Waals surface area contributed by atoms with Crippen LogP contribution >= 0.6 is 11.8 Å². The molecule has 1 aliphatic heterocycles. The molecule has 10 nitrogen and oxygen atoms in total. The van der Waals surface area contributed by atoms with Gasteiger partial charge >= 0.3 is 0 Å². The van der Waals surface area contributed by atoms with Gasteiger partial charge in [0, 0.05) is 19.2 Å². The van der Waals surface area contributed by atoms with Gasteiger partial charge in [0.15, 0.2) is 5.12 Å². The SMILES string of the molecule is CC(=O)SCCOCCOCC(=O)NC[C@@H]1O[C@H](CO)[C@@H](O)[C@H](O)[C@H]1O. The highest BCUT2D eigenvalue weighted by atomic mass is 32.2. The summed E-state index contributed by atoms with van der Waals surface area (Å²) < 4.78 is 15.6. The third kappa shape index (κ3) is 8.27. The van der Waals surface area contributed by atoms with Crippen LogP contribution in [0.15, 0.2) is 0 Å². The molecular weight excluding hydrogens is 370 g/mol. The second kappa shape index (κ2) is 12.6. The van der Waals surface area contributed by atoms with Gasteiger partial charge in [-0.2, -0.15) is 0 Å². The van der Waals surface area contributed by atoms with Crippen LogP contribution in [0, 0.1) is 0 Å². The molecule has 0 unspecified atom stereocenters. The molecule has 0 aliphatic carbocycles. The summed E-state index contributed by atoms with van der Waals surface area (Å²) >= 11 is 1.17. The van der Waals surface area contributed by atoms with Crippen molar-refractivity contribution in [3.63, 3.8) is 0 Å². The zero-order chi connectivity index (χ0) is 19.5. The molecule has 5 atom stereocenters. The average molecular weight is 397 g/mol. The zero-order valence-corrected chi connectivity index (χ0v) is 15.4. The number of rotatable bonds is 11. The first kappa shape index (κ1) is 23.2. The summed E-state index contributed by atoms with van der Waals surface area (Å²) in [7, 11) is 0. The Kier molecular flexibility index (Phi) is 11.2. The Bertz CT molecular complexity index is 437. The normalized spacial score (nSPS) is 28.7. The number of hydrogen-bond donors (Lipinski definition) is 5. The molecule has 1 amide bonds. The second-order valence-corrected chi connectivity index (χ2v) is 6.95. The highest BCUT2D eigenvalue weighted by Gasteiger charge is 2.43. The van der Waals surface area contributed by atoms with E-state index in [0.717, 1.165) is 0 Å². The van der Waals surface area contributed by atoms with Crippen molar-refractivity contribution in [3.8, 4) is 0 Å². The molecule has 0 bridgehead atoms. The van der Waals surface area contributed by atoms with Crippen LogP contribution < -0.4 is 5.32 Å². The molecule has 0 saturated carbocycles. The van der Waals surface area contributed by atoms with E-state index >= 15 is 0 Å². The summed E-state index contributed by atoms with van der Waals surface area (Å²) in [6.45, 7) is 1.54. The molecule has 0 spiro atoms. The van der Waals surface area contributed by atoms with Gasteiger partial charge < -0.3 is 40.0 Å². The number of hydrogen-bond acceptors (Lipinski definition) is 10. The standard InChI is InChI=1S/C15H27NO9S/c1-9(18)26-5-4-23-2-3-24-8-12(19)16-6-10-13(20)15(22)14(21)11(7-17)25-10/h10-11,13-15,17,20-22H,2-8H2,1H3,(H,16,19)/t10-,11+,13-,14+,15+/m0/s1. The summed E-state index contributed by atoms with van der Waals surface area (Å²) in [5, 5.41) is 40.8. The third-order valence-electron chi connectivity index (χ3n) is 3.63. The number of thioether (sulfide) groups is 1. The van der Waals surface area contributed by atoms with Gasteiger partial charge in [-0.3, -0.25) is 9.59 Å². The van der Waals surface area contributed by atoms with E-state index in [9.17, 15) is 24.9 Å². The lowest BCUT2D eigenvalue weighted by atomic mass is 9.95. The Morgan fingerprint density at radius 1 is 1.04 bits per heavy atom. The average Bonchev–Trinajstić information content (AvgIpc) is 2.61. The minimum absolute atomic E-state index is 0.0286. The topological polar surface area (TPSA) is 155 Å². The number of carbonyl (C=O) groups is 2. The predicted octanol–water partition coefficient (Wildman–Crippen LogP) is -2.74. The maximum Gasteiger partial charge on any atom is 0.246 e. The first-order valence-corrected chi connectivity index (χ1v) is 9.21. The molecule has 0 aromatic rings. The van der Waals surface area contributed by atoms with Crippen LogP contribution in [0.25, 0.3) is 0 Å². The Balaban J connectivity index is 2.13. The molecule has 1 aliphatic rings. The molecule has 1 heterocycles. The van der Waals surface area contributed by atoms with Crippen LogP contribution in [0.3, 0.4) is 0 Å². The first-order chi connectivity index (χ1) is 12.4. The largest absolute Gasteiger partial charge is 0.394 e. The van der Waals surface area contributed by atoms with Gasteiger partial charge in [-0.15, -0.1) is 0 Å². The Hall–Kier alpha value is -0.790. The fraction of sp³-hybridized carbons (Fsp3) is 0.867. The van der Waals surface area contributed by atoms with E-state index in [1.165, 1.54) is 18.7 Å². The van der Waals surface area contributed by atoms with Crippen LogP contribution in [-0.4, -0.2) is 107 Å². The molecule has 1 rings (SSSR count). The van der Waals surface area contributed by atoms with E-state index in [1.54, 1.807) is 0 Å². The van der Waals surface area contributed by atoms with Crippen LogP contribution in [0.5, 0.6) is 0 Å². The summed E-state index contributed by atoms with van der Waals surface area (Å²) in [5.74, 6) is 0.114. The number of amides is 1. The number of carbonyl (C=O) groups excluding carboxylic acids is 2. The third-order valence-corrected chi connectivity index (χ3v) is 4.41. The summed E-state index contributed by atoms with van der Waals surface area (Å²) in [4.78, 5) is 22.4. The van der Waals surface area contributed by atoms with Crippen LogP contribution in [-0.2, 0) is 23.8 Å². The van der Waals surface area contributed by atoms with Gasteiger partial charge in [0.25, 0.3) is 0 Å².